The van der Waals surface area contributed by atoms with Crippen LogP contribution in [0.2, 0.25) is 0 Å². The quantitative estimate of drug-likeness (QED) is 0.147. The summed E-state index contributed by atoms with van der Waals surface area (Å²) < 4.78 is 0. The maximum atomic E-state index is 12.6. The van der Waals surface area contributed by atoms with Crippen molar-refractivity contribution in [1.82, 2.24) is 20.4 Å². The Bertz CT molecular complexity index is 932. The number of amides is 2. The van der Waals surface area contributed by atoms with Gasteiger partial charge in [-0.3, -0.25) is 19.4 Å². The van der Waals surface area contributed by atoms with E-state index >= 15 is 0 Å². The monoisotopic (exact) mass is 592 g/mol. The molecule has 1 aromatic carbocycles. The Morgan fingerprint density at radius 2 is 1.14 bits per heavy atom. The summed E-state index contributed by atoms with van der Waals surface area (Å²) in [5.41, 5.74) is 2.40. The average Bonchev–Trinajstić information content (AvgIpc) is 2.97. The molecular weight excluding hydrogens is 548 g/mol. The van der Waals surface area contributed by atoms with Crippen LogP contribution in [-0.2, 0) is 32.4 Å². The van der Waals surface area contributed by atoms with Crippen molar-refractivity contribution in [3.63, 3.8) is 0 Å². The molecule has 2 fully saturated rings. The van der Waals surface area contributed by atoms with Crippen LogP contribution >= 0.6 is 0 Å². The van der Waals surface area contributed by atoms with Gasteiger partial charge in [0, 0.05) is 39.3 Å². The summed E-state index contributed by atoms with van der Waals surface area (Å²) in [5.74, 6) is -0.0260. The van der Waals surface area contributed by atoms with Gasteiger partial charge in [-0.2, -0.15) is 0 Å². The minimum Gasteiger partial charge on any atom is -0.356 e. The van der Waals surface area contributed by atoms with Crippen LogP contribution in [0.1, 0.15) is 62.5 Å². The fourth-order valence-electron chi connectivity index (χ4n) is 5.54. The number of rotatable bonds is 18. The predicted octanol–water partition coefficient (Wildman–Crippen LogP) is 2.32. The van der Waals surface area contributed by atoms with Crippen molar-refractivity contribution in [2.45, 2.75) is 64.5 Å². The molecule has 1 aromatic rings. The number of likely N-dealkylation sites (tertiary alicyclic amines) is 2. The zero-order valence-corrected chi connectivity index (χ0v) is 24.2. The molecule has 2 amide bonds. The molecule has 14 nitrogen and oxygen atoms in total. The highest BCUT2D eigenvalue weighted by Crippen LogP contribution is 2.21. The third kappa shape index (κ3) is 12.6. The summed E-state index contributed by atoms with van der Waals surface area (Å²) in [6, 6.07) is 8.57. The third-order valence-corrected chi connectivity index (χ3v) is 7.72. The number of benzene rings is 1. The van der Waals surface area contributed by atoms with Gasteiger partial charge in [0.15, 0.2) is 0 Å². The number of carbonyl (C=O) groups excluding carboxylic acids is 2. The normalized spacial score (nSPS) is 19.5. The molecule has 2 heterocycles. The SMILES string of the molecule is O=C(NCCCCO[N+](=O)[O-])C1CCCN(Cc2ccc(CN3CCCC(C(=O)NCCCCO[N+](=O)[O-])C3)cc2)C1. The van der Waals surface area contributed by atoms with Crippen molar-refractivity contribution in [2.24, 2.45) is 11.8 Å². The average molecular weight is 593 g/mol. The van der Waals surface area contributed by atoms with Gasteiger partial charge in [-0.1, -0.05) is 24.3 Å². The Morgan fingerprint density at radius 1 is 0.738 bits per heavy atom. The van der Waals surface area contributed by atoms with Crippen LogP contribution in [0, 0.1) is 32.1 Å². The van der Waals surface area contributed by atoms with Gasteiger partial charge in [-0.15, -0.1) is 20.2 Å². The lowest BCUT2D eigenvalue weighted by Crippen LogP contribution is -2.43. The molecule has 0 bridgehead atoms. The molecule has 42 heavy (non-hydrogen) atoms. The number of nitrogens with one attached hydrogen (secondary N) is 2. The first-order valence-electron chi connectivity index (χ1n) is 14.9. The Balaban J connectivity index is 1.34. The second-order valence-electron chi connectivity index (χ2n) is 11.1. The molecule has 0 radical (unpaired) electrons. The van der Waals surface area contributed by atoms with Gasteiger partial charge < -0.3 is 20.3 Å². The van der Waals surface area contributed by atoms with E-state index in [1.807, 2.05) is 0 Å². The van der Waals surface area contributed by atoms with E-state index in [2.05, 4.69) is 54.4 Å². The summed E-state index contributed by atoms with van der Waals surface area (Å²) in [5, 5.41) is 24.7. The molecule has 2 atom stereocenters. The van der Waals surface area contributed by atoms with Gasteiger partial charge in [-0.05, 0) is 75.6 Å². The standard InChI is InChI=1S/C28H44N6O8/c35-27(29-13-1-3-17-41-33(37)38)25-7-5-15-31(21-25)19-23-9-11-24(12-10-23)20-32-16-6-8-26(22-32)28(36)30-14-2-4-18-42-34(39)40/h9-12,25-26H,1-8,13-22H2,(H,29,35)(H,30,36). The van der Waals surface area contributed by atoms with Crippen molar-refractivity contribution < 1.29 is 29.4 Å². The van der Waals surface area contributed by atoms with Crippen LogP contribution in [0.5, 0.6) is 0 Å². The van der Waals surface area contributed by atoms with Crippen LogP contribution in [-0.4, -0.2) is 84.3 Å². The fourth-order valence-corrected chi connectivity index (χ4v) is 5.54. The first kappa shape index (κ1) is 33.0. The van der Waals surface area contributed by atoms with Gasteiger partial charge in [0.05, 0.1) is 25.0 Å². The van der Waals surface area contributed by atoms with Crippen LogP contribution in [0.4, 0.5) is 0 Å². The molecule has 0 spiro atoms. The number of carbonyl (C=O) groups is 2. The summed E-state index contributed by atoms with van der Waals surface area (Å²) >= 11 is 0. The first-order valence-corrected chi connectivity index (χ1v) is 14.9. The Hall–Kier alpha value is -3.52. The molecule has 2 unspecified atom stereocenters. The number of hydrogen-bond acceptors (Lipinski definition) is 10. The lowest BCUT2D eigenvalue weighted by atomic mass is 9.96. The molecule has 234 valence electrons. The van der Waals surface area contributed by atoms with Crippen LogP contribution in [0.15, 0.2) is 24.3 Å². The van der Waals surface area contributed by atoms with E-state index in [4.69, 9.17) is 0 Å². The molecule has 0 saturated carbocycles. The van der Waals surface area contributed by atoms with E-state index in [1.54, 1.807) is 0 Å². The lowest BCUT2D eigenvalue weighted by Gasteiger charge is -2.32. The van der Waals surface area contributed by atoms with Gasteiger partial charge >= 0.3 is 0 Å². The fraction of sp³-hybridized carbons (Fsp3) is 0.714. The van der Waals surface area contributed by atoms with Crippen LogP contribution < -0.4 is 10.6 Å². The molecular formula is C28H44N6O8. The summed E-state index contributed by atoms with van der Waals surface area (Å²) in [6.45, 7) is 5.96. The van der Waals surface area contributed by atoms with Crippen molar-refractivity contribution in [3.8, 4) is 0 Å². The van der Waals surface area contributed by atoms with Gasteiger partial charge in [0.25, 0.3) is 10.2 Å². The number of piperidine rings is 2. The van der Waals surface area contributed by atoms with E-state index in [-0.39, 0.29) is 36.9 Å². The molecule has 2 saturated heterocycles. The maximum absolute atomic E-state index is 12.6. The van der Waals surface area contributed by atoms with E-state index in [0.717, 1.165) is 51.9 Å². The van der Waals surface area contributed by atoms with Crippen molar-refractivity contribution >= 4 is 11.8 Å². The molecule has 3 rings (SSSR count). The summed E-state index contributed by atoms with van der Waals surface area (Å²) in [6.07, 6.45) is 5.97. The second kappa shape index (κ2) is 18.1. The summed E-state index contributed by atoms with van der Waals surface area (Å²) in [4.78, 5) is 58.8. The Morgan fingerprint density at radius 3 is 1.52 bits per heavy atom. The molecule has 14 heteroatoms. The minimum atomic E-state index is -0.801. The van der Waals surface area contributed by atoms with E-state index in [9.17, 15) is 29.8 Å². The predicted molar refractivity (Wildman–Crippen MR) is 153 cm³/mol. The third-order valence-electron chi connectivity index (χ3n) is 7.72. The number of unbranched alkanes of at least 4 members (excludes halogenated alkanes) is 2. The summed E-state index contributed by atoms with van der Waals surface area (Å²) in [7, 11) is 0. The van der Waals surface area contributed by atoms with Crippen molar-refractivity contribution in [2.75, 3.05) is 52.5 Å². The highest BCUT2D eigenvalue weighted by atomic mass is 17.0. The topological polar surface area (TPSA) is 169 Å². The maximum Gasteiger partial charge on any atom is 0.294 e. The molecule has 2 aliphatic heterocycles. The molecule has 2 aliphatic rings. The Labute approximate surface area is 246 Å². The molecule has 2 N–H and O–H groups in total. The highest BCUT2D eigenvalue weighted by molar-refractivity contribution is 5.79. The van der Waals surface area contributed by atoms with Gasteiger partial charge in [-0.25, -0.2) is 0 Å². The van der Waals surface area contributed by atoms with Crippen molar-refractivity contribution in [3.05, 3.63) is 55.6 Å². The molecule has 0 aliphatic carbocycles. The van der Waals surface area contributed by atoms with Crippen LogP contribution in [0.3, 0.4) is 0 Å². The zero-order chi connectivity index (χ0) is 30.2. The first-order chi connectivity index (χ1) is 20.3. The largest absolute Gasteiger partial charge is 0.356 e. The van der Waals surface area contributed by atoms with E-state index in [0.29, 0.717) is 51.9 Å². The number of hydrogen-bond donors (Lipinski definition) is 2. The van der Waals surface area contributed by atoms with E-state index < -0.39 is 10.2 Å². The van der Waals surface area contributed by atoms with Crippen LogP contribution in [0.25, 0.3) is 0 Å². The Kier molecular flexibility index (Phi) is 14.2. The van der Waals surface area contributed by atoms with Gasteiger partial charge in [0.2, 0.25) is 11.8 Å². The second-order valence-corrected chi connectivity index (χ2v) is 11.1. The number of nitrogens with zero attached hydrogens (tertiary/aromatic N) is 4. The smallest absolute Gasteiger partial charge is 0.294 e. The van der Waals surface area contributed by atoms with E-state index in [1.165, 1.54) is 11.1 Å². The lowest BCUT2D eigenvalue weighted by molar-refractivity contribution is -0.757. The van der Waals surface area contributed by atoms with Gasteiger partial charge in [0.1, 0.15) is 0 Å². The van der Waals surface area contributed by atoms with Crippen molar-refractivity contribution in [1.29, 1.82) is 0 Å². The minimum absolute atomic E-state index is 0.0426. The molecule has 0 aromatic heterocycles. The zero-order valence-electron chi connectivity index (χ0n) is 24.2. The highest BCUT2D eigenvalue weighted by Gasteiger charge is 2.27.